The average molecular weight is 252 g/mol. The molecule has 0 saturated carbocycles. The van der Waals surface area contributed by atoms with Gasteiger partial charge in [-0.3, -0.25) is 9.78 Å². The number of rotatable bonds is 3. The normalized spacial score (nSPS) is 10.8. The quantitative estimate of drug-likeness (QED) is 0.667. The fraction of sp³-hybridized carbons (Fsp3) is 0.143. The van der Waals surface area contributed by atoms with Crippen molar-refractivity contribution in [3.8, 4) is 0 Å². The fourth-order valence-corrected chi connectivity index (χ4v) is 2.03. The zero-order chi connectivity index (χ0) is 13.2. The molecule has 0 fully saturated rings. The van der Waals surface area contributed by atoms with Gasteiger partial charge in [-0.2, -0.15) is 0 Å². The van der Waals surface area contributed by atoms with Crippen molar-refractivity contribution in [2.75, 3.05) is 0 Å². The Morgan fingerprint density at radius 1 is 1.26 bits per heavy atom. The summed E-state index contributed by atoms with van der Waals surface area (Å²) >= 11 is 0. The molecule has 0 radical (unpaired) electrons. The molecule has 0 spiro atoms. The molecule has 0 aliphatic heterocycles. The standard InChI is InChI=1S/C14H12N4O/c1-18-12-5-3-2-4-10(12)17-14(18)8-13(19)11-9-15-6-7-16-11/h2-7,9H,8H2,1H3. The van der Waals surface area contributed by atoms with Crippen LogP contribution in [0.2, 0.25) is 0 Å². The molecular formula is C14H12N4O. The summed E-state index contributed by atoms with van der Waals surface area (Å²) in [6, 6.07) is 7.81. The van der Waals surface area contributed by atoms with Crippen LogP contribution in [-0.4, -0.2) is 25.3 Å². The maximum absolute atomic E-state index is 12.1. The third-order valence-electron chi connectivity index (χ3n) is 3.05. The minimum absolute atomic E-state index is 0.0773. The predicted molar refractivity (Wildman–Crippen MR) is 70.8 cm³/mol. The number of nitrogens with zero attached hydrogens (tertiary/aromatic N) is 4. The van der Waals surface area contributed by atoms with E-state index in [1.807, 2.05) is 35.9 Å². The Bertz CT molecular complexity index is 734. The fourth-order valence-electron chi connectivity index (χ4n) is 2.03. The van der Waals surface area contributed by atoms with Crippen molar-refractivity contribution in [3.63, 3.8) is 0 Å². The van der Waals surface area contributed by atoms with E-state index in [0.29, 0.717) is 5.69 Å². The number of carbonyl (C=O) groups excluding carboxylic acids is 1. The van der Waals surface area contributed by atoms with E-state index in [1.165, 1.54) is 12.4 Å². The van der Waals surface area contributed by atoms with E-state index < -0.39 is 0 Å². The first-order valence-electron chi connectivity index (χ1n) is 5.95. The van der Waals surface area contributed by atoms with Gasteiger partial charge in [0.05, 0.1) is 23.7 Å². The molecule has 94 valence electrons. The van der Waals surface area contributed by atoms with Crippen molar-refractivity contribution >= 4 is 16.8 Å². The molecule has 0 unspecified atom stereocenters. The van der Waals surface area contributed by atoms with Crippen LogP contribution in [0.3, 0.4) is 0 Å². The van der Waals surface area contributed by atoms with Gasteiger partial charge < -0.3 is 4.57 Å². The number of para-hydroxylation sites is 2. The Hall–Kier alpha value is -2.56. The van der Waals surface area contributed by atoms with Crippen molar-refractivity contribution in [2.45, 2.75) is 6.42 Å². The van der Waals surface area contributed by atoms with E-state index in [2.05, 4.69) is 15.0 Å². The number of hydrogen-bond donors (Lipinski definition) is 0. The van der Waals surface area contributed by atoms with E-state index in [9.17, 15) is 4.79 Å². The molecule has 19 heavy (non-hydrogen) atoms. The number of Topliss-reactive ketones (excluding diaryl/α,β-unsaturated/α-hetero) is 1. The van der Waals surface area contributed by atoms with E-state index in [1.54, 1.807) is 6.20 Å². The van der Waals surface area contributed by atoms with Gasteiger partial charge in [0.1, 0.15) is 11.5 Å². The molecule has 0 atom stereocenters. The molecule has 2 heterocycles. The molecule has 0 N–H and O–H groups in total. The van der Waals surface area contributed by atoms with Crippen LogP contribution in [0.4, 0.5) is 0 Å². The highest BCUT2D eigenvalue weighted by molar-refractivity contribution is 5.95. The summed E-state index contributed by atoms with van der Waals surface area (Å²) in [4.78, 5) is 24.5. The van der Waals surface area contributed by atoms with E-state index in [-0.39, 0.29) is 12.2 Å². The summed E-state index contributed by atoms with van der Waals surface area (Å²) in [6.07, 6.45) is 4.77. The summed E-state index contributed by atoms with van der Waals surface area (Å²) in [5, 5.41) is 0. The topological polar surface area (TPSA) is 60.7 Å². The minimum Gasteiger partial charge on any atom is -0.331 e. The lowest BCUT2D eigenvalue weighted by molar-refractivity contribution is 0.0985. The van der Waals surface area contributed by atoms with Crippen LogP contribution >= 0.6 is 0 Å². The second kappa shape index (κ2) is 4.61. The largest absolute Gasteiger partial charge is 0.331 e. The second-order valence-corrected chi connectivity index (χ2v) is 4.27. The van der Waals surface area contributed by atoms with Gasteiger partial charge in [0.15, 0.2) is 5.78 Å². The lowest BCUT2D eigenvalue weighted by atomic mass is 10.2. The summed E-state index contributed by atoms with van der Waals surface area (Å²) in [7, 11) is 1.91. The molecule has 1 aromatic carbocycles. The van der Waals surface area contributed by atoms with E-state index >= 15 is 0 Å². The van der Waals surface area contributed by atoms with Crippen LogP contribution in [0.1, 0.15) is 16.3 Å². The minimum atomic E-state index is -0.0773. The van der Waals surface area contributed by atoms with Crippen molar-refractivity contribution in [1.29, 1.82) is 0 Å². The van der Waals surface area contributed by atoms with Crippen LogP contribution in [0.5, 0.6) is 0 Å². The Morgan fingerprint density at radius 2 is 2.11 bits per heavy atom. The molecule has 0 bridgehead atoms. The molecular weight excluding hydrogens is 240 g/mol. The Kier molecular flexibility index (Phi) is 2.79. The van der Waals surface area contributed by atoms with Gasteiger partial charge in [0.2, 0.25) is 0 Å². The molecule has 3 rings (SSSR count). The number of aromatic nitrogens is 4. The van der Waals surface area contributed by atoms with E-state index in [0.717, 1.165) is 16.9 Å². The molecule has 2 aromatic heterocycles. The predicted octanol–water partition coefficient (Wildman–Crippen LogP) is 1.79. The number of imidazole rings is 1. The third-order valence-corrected chi connectivity index (χ3v) is 3.05. The zero-order valence-corrected chi connectivity index (χ0v) is 10.4. The summed E-state index contributed by atoms with van der Waals surface area (Å²) in [6.45, 7) is 0. The van der Waals surface area contributed by atoms with Gasteiger partial charge in [-0.1, -0.05) is 12.1 Å². The highest BCUT2D eigenvalue weighted by Crippen LogP contribution is 2.15. The Balaban J connectivity index is 1.94. The highest BCUT2D eigenvalue weighted by Gasteiger charge is 2.14. The van der Waals surface area contributed by atoms with Crippen LogP contribution in [0.25, 0.3) is 11.0 Å². The van der Waals surface area contributed by atoms with Crippen molar-refractivity contribution in [3.05, 3.63) is 54.4 Å². The lowest BCUT2D eigenvalue weighted by Gasteiger charge is -2.01. The smallest absolute Gasteiger partial charge is 0.190 e. The monoisotopic (exact) mass is 252 g/mol. The third kappa shape index (κ3) is 2.10. The summed E-state index contributed by atoms with van der Waals surface area (Å²) < 4.78 is 1.93. The SMILES string of the molecule is Cn1c(CC(=O)c2cnccn2)nc2ccccc21. The van der Waals surface area contributed by atoms with Gasteiger partial charge in [-0.25, -0.2) is 9.97 Å². The maximum atomic E-state index is 12.1. The highest BCUT2D eigenvalue weighted by atomic mass is 16.1. The van der Waals surface area contributed by atoms with Gasteiger partial charge in [-0.15, -0.1) is 0 Å². The molecule has 3 aromatic rings. The van der Waals surface area contributed by atoms with Crippen molar-refractivity contribution < 1.29 is 4.79 Å². The van der Waals surface area contributed by atoms with Crippen LogP contribution in [0, 0.1) is 0 Å². The molecule has 0 aliphatic carbocycles. The Labute approximate surface area is 110 Å². The molecule has 5 heteroatoms. The van der Waals surface area contributed by atoms with Crippen LogP contribution in [0.15, 0.2) is 42.9 Å². The first-order valence-corrected chi connectivity index (χ1v) is 5.95. The maximum Gasteiger partial charge on any atom is 0.190 e. The average Bonchev–Trinajstić information content (AvgIpc) is 2.77. The van der Waals surface area contributed by atoms with Crippen LogP contribution in [-0.2, 0) is 13.5 Å². The van der Waals surface area contributed by atoms with Crippen molar-refractivity contribution in [2.24, 2.45) is 7.05 Å². The first kappa shape index (κ1) is 11.5. The molecule has 0 amide bonds. The summed E-state index contributed by atoms with van der Waals surface area (Å²) in [5.41, 5.74) is 2.28. The van der Waals surface area contributed by atoms with Gasteiger partial charge in [-0.05, 0) is 12.1 Å². The van der Waals surface area contributed by atoms with Crippen LogP contribution < -0.4 is 0 Å². The number of aryl methyl sites for hydroxylation is 1. The molecule has 5 nitrogen and oxygen atoms in total. The van der Waals surface area contributed by atoms with Crippen molar-refractivity contribution in [1.82, 2.24) is 19.5 Å². The van der Waals surface area contributed by atoms with Gasteiger partial charge >= 0.3 is 0 Å². The molecule has 0 aliphatic rings. The number of hydrogen-bond acceptors (Lipinski definition) is 4. The number of carbonyl (C=O) groups is 1. The Morgan fingerprint density at radius 3 is 2.84 bits per heavy atom. The van der Waals surface area contributed by atoms with Gasteiger partial charge in [0, 0.05) is 19.4 Å². The second-order valence-electron chi connectivity index (χ2n) is 4.27. The van der Waals surface area contributed by atoms with E-state index in [4.69, 9.17) is 0 Å². The summed E-state index contributed by atoms with van der Waals surface area (Å²) in [5.74, 6) is 0.656. The zero-order valence-electron chi connectivity index (χ0n) is 10.4. The molecule has 0 saturated heterocycles. The van der Waals surface area contributed by atoms with Gasteiger partial charge in [0.25, 0.3) is 0 Å². The number of fused-ring (bicyclic) bond motifs is 1. The lowest BCUT2D eigenvalue weighted by Crippen LogP contribution is -2.10. The number of benzene rings is 1. The first-order chi connectivity index (χ1) is 9.25. The number of ketones is 1.